The molecule has 0 atom stereocenters. The molecule has 4 nitrogen and oxygen atoms in total. The number of rotatable bonds is 5. The van der Waals surface area contributed by atoms with E-state index < -0.39 is 0 Å². The van der Waals surface area contributed by atoms with E-state index in [2.05, 4.69) is 10.6 Å². The fourth-order valence-corrected chi connectivity index (χ4v) is 2.22. The second-order valence-corrected chi connectivity index (χ2v) is 5.38. The number of halogens is 1. The molecule has 2 aromatic carbocycles. The molecule has 0 aliphatic heterocycles. The maximum absolute atomic E-state index is 11.9. The second kappa shape index (κ2) is 7.71. The fraction of sp³-hybridized carbons (Fsp3) is 0.235. The standard InChI is InChI=1S/C17H19ClN2O2/c1-12-6-7-14(18)11-16(12)20-17(21)19-9-8-13-4-3-5-15(10-13)22-2/h3-7,10-11H,8-9H2,1-2H3,(H2,19,20,21). The molecule has 2 rings (SSSR count). The van der Waals surface area contributed by atoms with Crippen molar-refractivity contribution in [2.24, 2.45) is 0 Å². The molecular formula is C17H19ClN2O2. The minimum atomic E-state index is -0.242. The number of amides is 2. The van der Waals surface area contributed by atoms with Crippen LogP contribution in [0.15, 0.2) is 42.5 Å². The number of hydrogen-bond donors (Lipinski definition) is 2. The van der Waals surface area contributed by atoms with Crippen LogP contribution in [0.5, 0.6) is 5.75 Å². The van der Waals surface area contributed by atoms with Gasteiger partial charge in [0, 0.05) is 17.3 Å². The van der Waals surface area contributed by atoms with E-state index in [1.165, 1.54) is 0 Å². The number of nitrogens with one attached hydrogen (secondary N) is 2. The van der Waals surface area contributed by atoms with Gasteiger partial charge in [0.2, 0.25) is 0 Å². The van der Waals surface area contributed by atoms with Gasteiger partial charge in [-0.15, -0.1) is 0 Å². The molecule has 5 heteroatoms. The average molecular weight is 319 g/mol. The minimum absolute atomic E-state index is 0.242. The highest BCUT2D eigenvalue weighted by Gasteiger charge is 2.05. The Hall–Kier alpha value is -2.20. The highest BCUT2D eigenvalue weighted by atomic mass is 35.5. The van der Waals surface area contributed by atoms with Crippen molar-refractivity contribution in [2.75, 3.05) is 19.0 Å². The third-order valence-corrected chi connectivity index (χ3v) is 3.52. The number of ether oxygens (including phenoxy) is 1. The van der Waals surface area contributed by atoms with E-state index in [0.717, 1.165) is 23.3 Å². The van der Waals surface area contributed by atoms with Crippen molar-refractivity contribution in [1.82, 2.24) is 5.32 Å². The second-order valence-electron chi connectivity index (χ2n) is 4.94. The van der Waals surface area contributed by atoms with Crippen LogP contribution in [0, 0.1) is 6.92 Å². The minimum Gasteiger partial charge on any atom is -0.497 e. The van der Waals surface area contributed by atoms with Gasteiger partial charge in [-0.2, -0.15) is 0 Å². The molecule has 0 aliphatic carbocycles. The molecular weight excluding hydrogens is 300 g/mol. The number of urea groups is 1. The molecule has 2 N–H and O–H groups in total. The molecule has 0 unspecified atom stereocenters. The molecule has 0 bridgehead atoms. The van der Waals surface area contributed by atoms with Crippen LogP contribution in [0.2, 0.25) is 5.02 Å². The Kier molecular flexibility index (Phi) is 5.67. The van der Waals surface area contributed by atoms with Gasteiger partial charge in [0.05, 0.1) is 7.11 Å². The summed E-state index contributed by atoms with van der Waals surface area (Å²) in [6.07, 6.45) is 0.735. The Morgan fingerprint density at radius 3 is 2.82 bits per heavy atom. The van der Waals surface area contributed by atoms with Gasteiger partial charge in [-0.3, -0.25) is 0 Å². The van der Waals surface area contributed by atoms with Gasteiger partial charge < -0.3 is 15.4 Å². The largest absolute Gasteiger partial charge is 0.497 e. The van der Waals surface area contributed by atoms with Crippen LogP contribution in [0.4, 0.5) is 10.5 Å². The van der Waals surface area contributed by atoms with E-state index in [1.807, 2.05) is 37.3 Å². The van der Waals surface area contributed by atoms with Crippen LogP contribution in [-0.4, -0.2) is 19.7 Å². The predicted octanol–water partition coefficient (Wildman–Crippen LogP) is 4.02. The lowest BCUT2D eigenvalue weighted by molar-refractivity contribution is 0.252. The third kappa shape index (κ3) is 4.67. The zero-order valence-corrected chi connectivity index (χ0v) is 13.4. The van der Waals surface area contributed by atoms with Gasteiger partial charge in [-0.25, -0.2) is 4.79 Å². The van der Waals surface area contributed by atoms with Gasteiger partial charge >= 0.3 is 6.03 Å². The van der Waals surface area contributed by atoms with Crippen molar-refractivity contribution in [3.8, 4) is 5.75 Å². The Balaban J connectivity index is 1.84. The quantitative estimate of drug-likeness (QED) is 0.874. The molecule has 0 spiro atoms. The Labute approximate surface area is 135 Å². The van der Waals surface area contributed by atoms with E-state index in [-0.39, 0.29) is 6.03 Å². The molecule has 0 saturated carbocycles. The summed E-state index contributed by atoms with van der Waals surface area (Å²) in [6.45, 7) is 2.46. The molecule has 0 aliphatic rings. The van der Waals surface area contributed by atoms with Crippen molar-refractivity contribution in [2.45, 2.75) is 13.3 Å². The molecule has 0 fully saturated rings. The molecule has 2 amide bonds. The first-order chi connectivity index (χ1) is 10.6. The van der Waals surface area contributed by atoms with Crippen molar-refractivity contribution < 1.29 is 9.53 Å². The summed E-state index contributed by atoms with van der Waals surface area (Å²) in [5, 5.41) is 6.23. The maximum Gasteiger partial charge on any atom is 0.319 e. The third-order valence-electron chi connectivity index (χ3n) is 3.28. The van der Waals surface area contributed by atoms with E-state index in [0.29, 0.717) is 17.3 Å². The topological polar surface area (TPSA) is 50.4 Å². The number of methoxy groups -OCH3 is 1. The monoisotopic (exact) mass is 318 g/mol. The first-order valence-corrected chi connectivity index (χ1v) is 7.40. The highest BCUT2D eigenvalue weighted by molar-refractivity contribution is 6.31. The van der Waals surface area contributed by atoms with Crippen LogP contribution in [0.3, 0.4) is 0 Å². The summed E-state index contributed by atoms with van der Waals surface area (Å²) in [4.78, 5) is 11.9. The normalized spacial score (nSPS) is 10.1. The summed E-state index contributed by atoms with van der Waals surface area (Å²) in [5.74, 6) is 0.816. The van der Waals surface area contributed by atoms with Crippen molar-refractivity contribution in [1.29, 1.82) is 0 Å². The summed E-state index contributed by atoms with van der Waals surface area (Å²) < 4.78 is 5.17. The van der Waals surface area contributed by atoms with Crippen molar-refractivity contribution in [3.63, 3.8) is 0 Å². The molecule has 0 saturated heterocycles. The van der Waals surface area contributed by atoms with Crippen molar-refractivity contribution in [3.05, 3.63) is 58.6 Å². The molecule has 2 aromatic rings. The smallest absolute Gasteiger partial charge is 0.319 e. The van der Waals surface area contributed by atoms with E-state index in [4.69, 9.17) is 16.3 Å². The Morgan fingerprint density at radius 2 is 2.05 bits per heavy atom. The summed E-state index contributed by atoms with van der Waals surface area (Å²) in [6, 6.07) is 12.9. The molecule has 116 valence electrons. The van der Waals surface area contributed by atoms with E-state index in [1.54, 1.807) is 19.2 Å². The molecule has 0 heterocycles. The van der Waals surface area contributed by atoms with Crippen LogP contribution >= 0.6 is 11.6 Å². The number of anilines is 1. The summed E-state index contributed by atoms with van der Waals surface area (Å²) >= 11 is 5.93. The predicted molar refractivity (Wildman–Crippen MR) is 89.9 cm³/mol. The van der Waals surface area contributed by atoms with Crippen LogP contribution in [-0.2, 0) is 6.42 Å². The van der Waals surface area contributed by atoms with Gasteiger partial charge in [0.25, 0.3) is 0 Å². The van der Waals surface area contributed by atoms with E-state index >= 15 is 0 Å². The van der Waals surface area contributed by atoms with E-state index in [9.17, 15) is 4.79 Å². The number of benzene rings is 2. The van der Waals surface area contributed by atoms with Crippen LogP contribution in [0.1, 0.15) is 11.1 Å². The summed E-state index contributed by atoms with van der Waals surface area (Å²) in [7, 11) is 1.64. The number of aryl methyl sites for hydroxylation is 1. The SMILES string of the molecule is COc1cccc(CCNC(=O)Nc2cc(Cl)ccc2C)c1. The zero-order valence-electron chi connectivity index (χ0n) is 12.7. The lowest BCUT2D eigenvalue weighted by atomic mass is 10.1. The maximum atomic E-state index is 11.9. The Bertz CT molecular complexity index is 659. The van der Waals surface area contributed by atoms with Gasteiger partial charge in [0.1, 0.15) is 5.75 Å². The molecule has 0 aromatic heterocycles. The lowest BCUT2D eigenvalue weighted by Gasteiger charge is -2.10. The van der Waals surface area contributed by atoms with Crippen LogP contribution < -0.4 is 15.4 Å². The highest BCUT2D eigenvalue weighted by Crippen LogP contribution is 2.20. The van der Waals surface area contributed by atoms with Gasteiger partial charge in [-0.05, 0) is 48.7 Å². The number of hydrogen-bond acceptors (Lipinski definition) is 2. The summed E-state index contributed by atoms with van der Waals surface area (Å²) in [5.41, 5.74) is 2.79. The zero-order chi connectivity index (χ0) is 15.9. The van der Waals surface area contributed by atoms with Crippen molar-refractivity contribution >= 4 is 23.3 Å². The average Bonchev–Trinajstić information content (AvgIpc) is 2.51. The van der Waals surface area contributed by atoms with Gasteiger partial charge in [-0.1, -0.05) is 29.8 Å². The number of carbonyl (C=O) groups is 1. The Morgan fingerprint density at radius 1 is 1.23 bits per heavy atom. The first-order valence-electron chi connectivity index (χ1n) is 7.02. The first kappa shape index (κ1) is 16.2. The van der Waals surface area contributed by atoms with Crippen LogP contribution in [0.25, 0.3) is 0 Å². The fourth-order valence-electron chi connectivity index (χ4n) is 2.04. The van der Waals surface area contributed by atoms with Gasteiger partial charge in [0.15, 0.2) is 0 Å². The number of carbonyl (C=O) groups excluding carboxylic acids is 1. The molecule has 22 heavy (non-hydrogen) atoms. The molecule has 0 radical (unpaired) electrons. The lowest BCUT2D eigenvalue weighted by Crippen LogP contribution is -2.30.